The summed E-state index contributed by atoms with van der Waals surface area (Å²) >= 11 is 6.85. The van der Waals surface area contributed by atoms with Crippen LogP contribution >= 0.6 is 31.9 Å². The van der Waals surface area contributed by atoms with Crippen LogP contribution < -0.4 is 5.73 Å². The van der Waals surface area contributed by atoms with Gasteiger partial charge >= 0.3 is 0 Å². The maximum Gasteiger partial charge on any atom is 0.124 e. The number of hydrogen-bond acceptors (Lipinski definition) is 1. The molecule has 0 radical (unpaired) electrons. The first-order valence-corrected chi connectivity index (χ1v) is 7.10. The van der Waals surface area contributed by atoms with Gasteiger partial charge in [0.05, 0.1) is 0 Å². The molecule has 18 heavy (non-hydrogen) atoms. The zero-order valence-corrected chi connectivity index (χ0v) is 12.7. The molecule has 0 aliphatic heterocycles. The highest BCUT2D eigenvalue weighted by Gasteiger charge is 2.12. The molecule has 0 aromatic heterocycles. The Bertz CT molecular complexity index is 557. The van der Waals surface area contributed by atoms with Crippen LogP contribution in [0.5, 0.6) is 0 Å². The Morgan fingerprint density at radius 1 is 1.06 bits per heavy atom. The van der Waals surface area contributed by atoms with Crippen molar-refractivity contribution < 1.29 is 4.39 Å². The molecule has 0 heterocycles. The third-order valence-electron chi connectivity index (χ3n) is 2.76. The van der Waals surface area contributed by atoms with Crippen LogP contribution in [0.25, 0.3) is 0 Å². The Labute approximate surface area is 122 Å². The van der Waals surface area contributed by atoms with E-state index in [0.29, 0.717) is 10.9 Å². The third-order valence-corrected chi connectivity index (χ3v) is 4.22. The quantitative estimate of drug-likeness (QED) is 0.837. The number of halogens is 3. The normalized spacial score (nSPS) is 12.4. The molecular weight excluding hydrogens is 361 g/mol. The maximum atomic E-state index is 13.0. The number of benzene rings is 2. The van der Waals surface area contributed by atoms with Crippen LogP contribution in [0.15, 0.2) is 51.4 Å². The monoisotopic (exact) mass is 371 g/mol. The van der Waals surface area contributed by atoms with Gasteiger partial charge in [-0.05, 0) is 35.7 Å². The van der Waals surface area contributed by atoms with E-state index in [1.807, 2.05) is 24.3 Å². The van der Waals surface area contributed by atoms with Gasteiger partial charge in [-0.1, -0.05) is 56.1 Å². The van der Waals surface area contributed by atoms with Crippen molar-refractivity contribution in [1.82, 2.24) is 0 Å². The smallest absolute Gasteiger partial charge is 0.124 e. The molecule has 0 saturated carbocycles. The van der Waals surface area contributed by atoms with Gasteiger partial charge in [0.1, 0.15) is 5.82 Å². The number of hydrogen-bond donors (Lipinski definition) is 1. The highest BCUT2D eigenvalue weighted by Crippen LogP contribution is 2.27. The van der Waals surface area contributed by atoms with Gasteiger partial charge in [0.2, 0.25) is 0 Å². The lowest BCUT2D eigenvalue weighted by molar-refractivity contribution is 0.623. The lowest BCUT2D eigenvalue weighted by atomic mass is 10.00. The van der Waals surface area contributed by atoms with Crippen molar-refractivity contribution in [3.8, 4) is 0 Å². The molecule has 0 aliphatic rings. The predicted molar refractivity (Wildman–Crippen MR) is 78.9 cm³/mol. The van der Waals surface area contributed by atoms with Gasteiger partial charge in [0.15, 0.2) is 0 Å². The Morgan fingerprint density at radius 2 is 1.78 bits per heavy atom. The van der Waals surface area contributed by atoms with Gasteiger partial charge in [-0.15, -0.1) is 0 Å². The second kappa shape index (κ2) is 5.95. The fourth-order valence-electron chi connectivity index (χ4n) is 1.81. The summed E-state index contributed by atoms with van der Waals surface area (Å²) < 4.78 is 14.8. The lowest BCUT2D eigenvalue weighted by Crippen LogP contribution is -2.14. The zero-order valence-electron chi connectivity index (χ0n) is 9.54. The summed E-state index contributed by atoms with van der Waals surface area (Å²) in [5, 5.41) is 0. The highest BCUT2D eigenvalue weighted by molar-refractivity contribution is 9.10. The number of rotatable bonds is 3. The molecule has 0 aliphatic carbocycles. The minimum Gasteiger partial charge on any atom is -0.324 e. The summed E-state index contributed by atoms with van der Waals surface area (Å²) in [5.41, 5.74) is 8.22. The topological polar surface area (TPSA) is 26.0 Å². The lowest BCUT2D eigenvalue weighted by Gasteiger charge is -2.15. The van der Waals surface area contributed by atoms with Crippen LogP contribution in [0.1, 0.15) is 17.2 Å². The molecule has 4 heteroatoms. The Balaban J connectivity index is 2.22. The van der Waals surface area contributed by atoms with Gasteiger partial charge < -0.3 is 5.73 Å². The van der Waals surface area contributed by atoms with Crippen molar-refractivity contribution in [3.63, 3.8) is 0 Å². The standard InChI is InChI=1S/C14H12Br2FN/c15-12-4-2-1-3-9(12)7-14(18)11-6-5-10(17)8-13(11)16/h1-6,8,14H,7,18H2. The first-order chi connectivity index (χ1) is 8.58. The van der Waals surface area contributed by atoms with E-state index in [1.165, 1.54) is 12.1 Å². The van der Waals surface area contributed by atoms with E-state index in [4.69, 9.17) is 5.73 Å². The molecule has 0 saturated heterocycles. The van der Waals surface area contributed by atoms with Crippen molar-refractivity contribution in [2.45, 2.75) is 12.5 Å². The van der Waals surface area contributed by atoms with Gasteiger partial charge in [0.25, 0.3) is 0 Å². The van der Waals surface area contributed by atoms with Crippen molar-refractivity contribution in [2.75, 3.05) is 0 Å². The van der Waals surface area contributed by atoms with Gasteiger partial charge in [-0.25, -0.2) is 4.39 Å². The van der Waals surface area contributed by atoms with E-state index >= 15 is 0 Å². The highest BCUT2D eigenvalue weighted by atomic mass is 79.9. The van der Waals surface area contributed by atoms with E-state index in [2.05, 4.69) is 31.9 Å². The van der Waals surface area contributed by atoms with Crippen LogP contribution in [-0.2, 0) is 6.42 Å². The first kappa shape index (κ1) is 13.7. The van der Waals surface area contributed by atoms with Crippen LogP contribution in [0.3, 0.4) is 0 Å². The molecule has 1 atom stereocenters. The molecule has 2 N–H and O–H groups in total. The van der Waals surface area contributed by atoms with Crippen molar-refractivity contribution in [1.29, 1.82) is 0 Å². The minimum atomic E-state index is -0.265. The van der Waals surface area contributed by atoms with Gasteiger partial charge in [-0.3, -0.25) is 0 Å². The van der Waals surface area contributed by atoms with Crippen LogP contribution in [0, 0.1) is 5.82 Å². The summed E-state index contributed by atoms with van der Waals surface area (Å²) in [5.74, 6) is -0.265. The first-order valence-electron chi connectivity index (χ1n) is 5.52. The summed E-state index contributed by atoms with van der Waals surface area (Å²) in [6.45, 7) is 0. The Morgan fingerprint density at radius 3 is 2.44 bits per heavy atom. The molecule has 0 spiro atoms. The summed E-state index contributed by atoms with van der Waals surface area (Å²) in [6, 6.07) is 12.4. The Kier molecular flexibility index (Phi) is 4.54. The fourth-order valence-corrected chi connectivity index (χ4v) is 2.90. The molecule has 2 rings (SSSR count). The van der Waals surface area contributed by atoms with E-state index < -0.39 is 0 Å². The average molecular weight is 373 g/mol. The van der Waals surface area contributed by atoms with Crippen LogP contribution in [0.4, 0.5) is 4.39 Å². The molecule has 0 amide bonds. The summed E-state index contributed by atoms with van der Waals surface area (Å²) in [7, 11) is 0. The van der Waals surface area contributed by atoms with Crippen molar-refractivity contribution in [2.24, 2.45) is 5.73 Å². The molecule has 0 bridgehead atoms. The summed E-state index contributed by atoms with van der Waals surface area (Å²) in [4.78, 5) is 0. The van der Waals surface area contributed by atoms with Crippen LogP contribution in [-0.4, -0.2) is 0 Å². The molecule has 0 fully saturated rings. The van der Waals surface area contributed by atoms with E-state index in [1.54, 1.807) is 6.07 Å². The zero-order chi connectivity index (χ0) is 13.1. The van der Waals surface area contributed by atoms with Crippen LogP contribution in [0.2, 0.25) is 0 Å². The molecule has 1 unspecified atom stereocenters. The fraction of sp³-hybridized carbons (Fsp3) is 0.143. The molecule has 1 nitrogen and oxygen atoms in total. The van der Waals surface area contributed by atoms with E-state index in [-0.39, 0.29) is 11.9 Å². The van der Waals surface area contributed by atoms with E-state index in [0.717, 1.165) is 15.6 Å². The molecule has 2 aromatic carbocycles. The SMILES string of the molecule is NC(Cc1ccccc1Br)c1ccc(F)cc1Br. The minimum absolute atomic E-state index is 0.168. The largest absolute Gasteiger partial charge is 0.324 e. The second-order valence-electron chi connectivity index (χ2n) is 4.07. The second-order valence-corrected chi connectivity index (χ2v) is 5.78. The third kappa shape index (κ3) is 3.19. The van der Waals surface area contributed by atoms with E-state index in [9.17, 15) is 4.39 Å². The predicted octanol–water partition coefficient (Wildman–Crippen LogP) is 4.59. The van der Waals surface area contributed by atoms with Crippen molar-refractivity contribution in [3.05, 3.63) is 68.4 Å². The van der Waals surface area contributed by atoms with Gasteiger partial charge in [0, 0.05) is 15.0 Å². The average Bonchev–Trinajstić information content (AvgIpc) is 2.32. The molecule has 94 valence electrons. The Hall–Kier alpha value is -0.710. The van der Waals surface area contributed by atoms with Gasteiger partial charge in [-0.2, -0.15) is 0 Å². The van der Waals surface area contributed by atoms with Crippen molar-refractivity contribution >= 4 is 31.9 Å². The molecular formula is C14H12Br2FN. The molecule has 2 aromatic rings. The maximum absolute atomic E-state index is 13.0. The number of nitrogens with two attached hydrogens (primary N) is 1. The summed E-state index contributed by atoms with van der Waals surface area (Å²) in [6.07, 6.45) is 0.700.